The van der Waals surface area contributed by atoms with Gasteiger partial charge in [-0.25, -0.2) is 0 Å². The zero-order valence-corrected chi connectivity index (χ0v) is 10.4. The van der Waals surface area contributed by atoms with Crippen LogP contribution in [0.4, 0.5) is 0 Å². The van der Waals surface area contributed by atoms with Crippen LogP contribution in [-0.4, -0.2) is 29.8 Å². The van der Waals surface area contributed by atoms with Crippen LogP contribution < -0.4 is 0 Å². The molecular formula is C13H18ClNO. The topological polar surface area (TPSA) is 20.3 Å². The van der Waals surface area contributed by atoms with Crippen LogP contribution in [0.5, 0.6) is 0 Å². The van der Waals surface area contributed by atoms with Crippen LogP contribution in [0, 0.1) is 6.92 Å². The third-order valence-corrected chi connectivity index (χ3v) is 2.99. The van der Waals surface area contributed by atoms with Crippen LogP contribution in [0.15, 0.2) is 30.3 Å². The second-order valence-electron chi connectivity index (χ2n) is 3.97. The number of hydrogen-bond acceptors (Lipinski definition) is 1. The summed E-state index contributed by atoms with van der Waals surface area (Å²) in [6, 6.07) is 10.3. The van der Waals surface area contributed by atoms with E-state index < -0.39 is 0 Å². The SMILES string of the molecule is Cc1ccccc1.O=CN1CCC(Cl)CC1. The number of carbonyl (C=O) groups excluding carboxylic acids is 1. The van der Waals surface area contributed by atoms with Gasteiger partial charge in [0.05, 0.1) is 0 Å². The summed E-state index contributed by atoms with van der Waals surface area (Å²) in [6.45, 7) is 3.75. The highest BCUT2D eigenvalue weighted by molar-refractivity contribution is 6.20. The van der Waals surface area contributed by atoms with Crippen molar-refractivity contribution < 1.29 is 4.79 Å². The van der Waals surface area contributed by atoms with E-state index in [2.05, 4.69) is 19.1 Å². The van der Waals surface area contributed by atoms with Crippen LogP contribution in [0.1, 0.15) is 18.4 Å². The summed E-state index contributed by atoms with van der Waals surface area (Å²) in [7, 11) is 0. The fourth-order valence-corrected chi connectivity index (χ4v) is 1.70. The maximum absolute atomic E-state index is 10.1. The lowest BCUT2D eigenvalue weighted by Crippen LogP contribution is -2.32. The normalized spacial score (nSPS) is 16.2. The summed E-state index contributed by atoms with van der Waals surface area (Å²) in [5.41, 5.74) is 1.32. The fourth-order valence-electron chi connectivity index (χ4n) is 1.51. The standard InChI is InChI=1S/C7H8.C6H10ClNO/c1-7-5-3-2-4-6-7;7-6-1-3-8(5-9)4-2-6/h2-6H,1H3;5-6H,1-4H2. The Hall–Kier alpha value is -1.02. The third-order valence-electron chi connectivity index (χ3n) is 2.55. The first-order chi connectivity index (χ1) is 7.72. The van der Waals surface area contributed by atoms with Crippen molar-refractivity contribution in [3.05, 3.63) is 35.9 Å². The van der Waals surface area contributed by atoms with Crippen LogP contribution in [0.3, 0.4) is 0 Å². The van der Waals surface area contributed by atoms with Crippen molar-refractivity contribution in [2.75, 3.05) is 13.1 Å². The number of aryl methyl sites for hydroxylation is 1. The molecule has 0 unspecified atom stereocenters. The summed E-state index contributed by atoms with van der Waals surface area (Å²) in [5, 5.41) is 0.293. The van der Waals surface area contributed by atoms with Gasteiger partial charge in [-0.15, -0.1) is 11.6 Å². The molecule has 1 aliphatic heterocycles. The van der Waals surface area contributed by atoms with Gasteiger partial charge in [-0.05, 0) is 19.8 Å². The first-order valence-electron chi connectivity index (χ1n) is 5.57. The molecule has 1 amide bonds. The molecular weight excluding hydrogens is 222 g/mol. The van der Waals surface area contributed by atoms with Gasteiger partial charge in [-0.1, -0.05) is 35.9 Å². The predicted molar refractivity (Wildman–Crippen MR) is 67.7 cm³/mol. The number of hydrogen-bond donors (Lipinski definition) is 0. The van der Waals surface area contributed by atoms with Gasteiger partial charge in [0.2, 0.25) is 6.41 Å². The molecule has 16 heavy (non-hydrogen) atoms. The van der Waals surface area contributed by atoms with E-state index in [1.807, 2.05) is 18.2 Å². The smallest absolute Gasteiger partial charge is 0.209 e. The van der Waals surface area contributed by atoms with Crippen molar-refractivity contribution in [3.8, 4) is 0 Å². The van der Waals surface area contributed by atoms with Crippen molar-refractivity contribution in [2.24, 2.45) is 0 Å². The molecule has 2 rings (SSSR count). The Kier molecular flexibility index (Phi) is 5.94. The lowest BCUT2D eigenvalue weighted by atomic mass is 10.1. The minimum absolute atomic E-state index is 0.293. The Bertz CT molecular complexity index is 294. The molecule has 0 N–H and O–H groups in total. The highest BCUT2D eigenvalue weighted by Crippen LogP contribution is 2.13. The molecule has 1 fully saturated rings. The van der Waals surface area contributed by atoms with Crippen molar-refractivity contribution >= 4 is 18.0 Å². The van der Waals surface area contributed by atoms with Crippen LogP contribution in [-0.2, 0) is 4.79 Å². The molecule has 0 spiro atoms. The average Bonchev–Trinajstić information content (AvgIpc) is 2.32. The van der Waals surface area contributed by atoms with E-state index in [0.717, 1.165) is 32.3 Å². The van der Waals surface area contributed by atoms with E-state index in [4.69, 9.17) is 11.6 Å². The minimum Gasteiger partial charge on any atom is -0.345 e. The summed E-state index contributed by atoms with van der Waals surface area (Å²) in [5.74, 6) is 0. The van der Waals surface area contributed by atoms with E-state index in [0.29, 0.717) is 5.38 Å². The number of amides is 1. The van der Waals surface area contributed by atoms with Gasteiger partial charge in [-0.2, -0.15) is 0 Å². The molecule has 1 aliphatic rings. The molecule has 0 radical (unpaired) electrons. The third kappa shape index (κ3) is 5.17. The highest BCUT2D eigenvalue weighted by atomic mass is 35.5. The van der Waals surface area contributed by atoms with Gasteiger partial charge in [0.25, 0.3) is 0 Å². The number of likely N-dealkylation sites (tertiary alicyclic amines) is 1. The Morgan fingerprint density at radius 3 is 2.19 bits per heavy atom. The van der Waals surface area contributed by atoms with Crippen LogP contribution in [0.2, 0.25) is 0 Å². The molecule has 3 heteroatoms. The van der Waals surface area contributed by atoms with E-state index in [-0.39, 0.29) is 0 Å². The van der Waals surface area contributed by atoms with Crippen molar-refractivity contribution in [1.82, 2.24) is 4.90 Å². The lowest BCUT2D eigenvalue weighted by Gasteiger charge is -2.25. The fraction of sp³-hybridized carbons (Fsp3) is 0.462. The maximum atomic E-state index is 10.1. The zero-order valence-electron chi connectivity index (χ0n) is 9.60. The summed E-state index contributed by atoms with van der Waals surface area (Å²) in [4.78, 5) is 11.9. The van der Waals surface area contributed by atoms with Gasteiger partial charge in [0.15, 0.2) is 0 Å². The number of benzene rings is 1. The molecule has 0 bridgehead atoms. The van der Waals surface area contributed by atoms with E-state index >= 15 is 0 Å². The molecule has 1 aromatic rings. The Morgan fingerprint density at radius 1 is 1.25 bits per heavy atom. The lowest BCUT2D eigenvalue weighted by molar-refractivity contribution is -0.118. The van der Waals surface area contributed by atoms with Gasteiger partial charge >= 0.3 is 0 Å². The highest BCUT2D eigenvalue weighted by Gasteiger charge is 2.14. The van der Waals surface area contributed by atoms with Gasteiger partial charge in [-0.3, -0.25) is 4.79 Å². The maximum Gasteiger partial charge on any atom is 0.209 e. The van der Waals surface area contributed by atoms with Crippen molar-refractivity contribution in [2.45, 2.75) is 25.1 Å². The molecule has 1 saturated heterocycles. The minimum atomic E-state index is 0.293. The molecule has 1 heterocycles. The Morgan fingerprint density at radius 2 is 1.81 bits per heavy atom. The molecule has 0 aliphatic carbocycles. The van der Waals surface area contributed by atoms with Gasteiger partial charge in [0.1, 0.15) is 0 Å². The first-order valence-corrected chi connectivity index (χ1v) is 6.01. The number of carbonyl (C=O) groups is 1. The molecule has 0 saturated carbocycles. The van der Waals surface area contributed by atoms with Crippen LogP contribution in [0.25, 0.3) is 0 Å². The van der Waals surface area contributed by atoms with Gasteiger partial charge in [0, 0.05) is 18.5 Å². The van der Waals surface area contributed by atoms with E-state index in [1.165, 1.54) is 5.56 Å². The quantitative estimate of drug-likeness (QED) is 0.545. The second-order valence-corrected chi connectivity index (χ2v) is 4.59. The number of alkyl halides is 1. The molecule has 2 nitrogen and oxygen atoms in total. The van der Waals surface area contributed by atoms with Crippen molar-refractivity contribution in [3.63, 3.8) is 0 Å². The molecule has 88 valence electrons. The second kappa shape index (κ2) is 7.29. The largest absolute Gasteiger partial charge is 0.345 e. The van der Waals surface area contributed by atoms with E-state index in [1.54, 1.807) is 4.90 Å². The molecule has 0 aromatic heterocycles. The molecule has 1 aromatic carbocycles. The number of rotatable bonds is 1. The predicted octanol–water partition coefficient (Wildman–Crippen LogP) is 2.84. The van der Waals surface area contributed by atoms with Crippen LogP contribution >= 0.6 is 11.6 Å². The van der Waals surface area contributed by atoms with Crippen molar-refractivity contribution in [1.29, 1.82) is 0 Å². The summed E-state index contributed by atoms with van der Waals surface area (Å²) >= 11 is 5.80. The monoisotopic (exact) mass is 239 g/mol. The Labute approximate surface area is 102 Å². The first kappa shape index (κ1) is 13.0. The summed E-state index contributed by atoms with van der Waals surface area (Å²) in [6.07, 6.45) is 2.78. The Balaban J connectivity index is 0.000000165. The number of halogens is 1. The molecule has 0 atom stereocenters. The van der Waals surface area contributed by atoms with Gasteiger partial charge < -0.3 is 4.90 Å². The van der Waals surface area contributed by atoms with E-state index in [9.17, 15) is 4.79 Å². The number of nitrogens with zero attached hydrogens (tertiary/aromatic N) is 1. The zero-order chi connectivity index (χ0) is 11.8. The summed E-state index contributed by atoms with van der Waals surface area (Å²) < 4.78 is 0. The number of piperidine rings is 1. The average molecular weight is 240 g/mol.